The van der Waals surface area contributed by atoms with Crippen molar-refractivity contribution in [1.82, 2.24) is 0 Å². The van der Waals surface area contributed by atoms with Crippen molar-refractivity contribution in [2.45, 2.75) is 98.2 Å². The third kappa shape index (κ3) is 20.4. The van der Waals surface area contributed by atoms with E-state index in [1.54, 1.807) is 0 Å². The number of benzene rings is 2. The van der Waals surface area contributed by atoms with Crippen LogP contribution in [-0.2, 0) is 23.9 Å². The Morgan fingerprint density at radius 3 is 1.76 bits per heavy atom. The molecular weight excluding hydrogens is 759 g/mol. The molecule has 6 nitrogen and oxygen atoms in total. The van der Waals surface area contributed by atoms with Crippen molar-refractivity contribution in [2.24, 2.45) is 10.8 Å². The van der Waals surface area contributed by atoms with Crippen LogP contribution in [0.4, 0.5) is 0 Å². The molecule has 1 atom stereocenters. The zero-order valence-corrected chi connectivity index (χ0v) is 33.1. The molecule has 1 unspecified atom stereocenters. The van der Waals surface area contributed by atoms with E-state index in [9.17, 15) is 9.59 Å². The third-order valence-electron chi connectivity index (χ3n) is 6.78. The molecule has 46 heavy (non-hydrogen) atoms. The third-order valence-corrected chi connectivity index (χ3v) is 8.42. The van der Waals surface area contributed by atoms with Gasteiger partial charge in [0.25, 0.3) is 5.97 Å². The molecule has 260 valence electrons. The van der Waals surface area contributed by atoms with Gasteiger partial charge in [0.2, 0.25) is 0 Å². The van der Waals surface area contributed by atoms with Gasteiger partial charge in [0.15, 0.2) is 0 Å². The summed E-state index contributed by atoms with van der Waals surface area (Å²) in [6.45, 7) is 13.4. The Hall–Kier alpha value is -1.87. The quantitative estimate of drug-likeness (QED) is 0.109. The summed E-state index contributed by atoms with van der Waals surface area (Å²) in [7, 11) is 0. The lowest BCUT2D eigenvalue weighted by Gasteiger charge is -2.22. The van der Waals surface area contributed by atoms with Crippen LogP contribution < -0.4 is 0 Å². The van der Waals surface area contributed by atoms with Gasteiger partial charge in [-0.3, -0.25) is 14.4 Å². The number of hydrogen-bond acceptors (Lipinski definition) is 5. The summed E-state index contributed by atoms with van der Waals surface area (Å²) in [4.78, 5) is 32.8. The summed E-state index contributed by atoms with van der Waals surface area (Å²) in [6.07, 6.45) is 10.7. The van der Waals surface area contributed by atoms with Crippen molar-refractivity contribution in [1.29, 1.82) is 0 Å². The normalized spacial score (nSPS) is 11.6. The van der Waals surface area contributed by atoms with Gasteiger partial charge in [0.1, 0.15) is 0 Å². The topological polar surface area (TPSA) is 89.9 Å². The van der Waals surface area contributed by atoms with Crippen LogP contribution >= 0.6 is 56.1 Å². The van der Waals surface area contributed by atoms with Crippen LogP contribution in [0.1, 0.15) is 109 Å². The van der Waals surface area contributed by atoms with Crippen molar-refractivity contribution >= 4 is 80.1 Å². The largest absolute Gasteiger partial charge is 0.481 e. The first-order chi connectivity index (χ1) is 21.1. The molecule has 0 aromatic heterocycles. The Kier molecular flexibility index (Phi) is 25.3. The Morgan fingerprint density at radius 1 is 0.826 bits per heavy atom. The van der Waals surface area contributed by atoms with E-state index < -0.39 is 16.8 Å². The molecule has 1 N–H and O–H groups in total. The Labute approximate surface area is 305 Å². The number of ether oxygens (including phenoxy) is 2. The highest BCUT2D eigenvalue weighted by Gasteiger charge is 2.29. The lowest BCUT2D eigenvalue weighted by molar-refractivity contribution is -0.154. The lowest BCUT2D eigenvalue weighted by atomic mass is 9.87. The van der Waals surface area contributed by atoms with E-state index in [2.05, 4.69) is 22.0 Å². The van der Waals surface area contributed by atoms with Crippen molar-refractivity contribution < 1.29 is 29.0 Å². The van der Waals surface area contributed by atoms with E-state index in [1.165, 1.54) is 0 Å². The van der Waals surface area contributed by atoms with E-state index in [-0.39, 0.29) is 33.7 Å². The fourth-order valence-electron chi connectivity index (χ4n) is 4.11. The average Bonchev–Trinajstić information content (AvgIpc) is 2.96. The molecule has 2 aromatic rings. The second kappa shape index (κ2) is 25.2. The summed E-state index contributed by atoms with van der Waals surface area (Å²) < 4.78 is 10.2. The Bertz CT molecular complexity index is 1200. The van der Waals surface area contributed by atoms with E-state index in [4.69, 9.17) is 42.6 Å². The lowest BCUT2D eigenvalue weighted by Crippen LogP contribution is -2.26. The number of carboxylic acids is 1. The second-order valence-corrected chi connectivity index (χ2v) is 13.7. The maximum absolute atomic E-state index is 11.8. The molecule has 2 aromatic carbocycles. The Balaban J connectivity index is 0. The van der Waals surface area contributed by atoms with Crippen LogP contribution in [0.15, 0.2) is 54.6 Å². The van der Waals surface area contributed by atoms with Gasteiger partial charge in [-0.05, 0) is 96.9 Å². The molecule has 0 saturated heterocycles. The van der Waals surface area contributed by atoms with Gasteiger partial charge in [-0.25, -0.2) is 0 Å². The molecule has 0 aliphatic heterocycles. The van der Waals surface area contributed by atoms with Crippen LogP contribution in [0.25, 0.3) is 6.08 Å². The van der Waals surface area contributed by atoms with Crippen LogP contribution in [0.5, 0.6) is 0 Å². The zero-order chi connectivity index (χ0) is 34.5. The fraction of sp³-hybridized carbons (Fsp3) is 0.528. The monoisotopic (exact) mass is 808 g/mol. The van der Waals surface area contributed by atoms with Crippen molar-refractivity contribution in [3.05, 3.63) is 75.8 Å². The van der Waals surface area contributed by atoms with Gasteiger partial charge >= 0.3 is 11.9 Å². The molecular formula is C36H52Br2Cl2O6. The number of carbonyl (C=O) groups excluding carboxylic acids is 2. The zero-order valence-electron chi connectivity index (χ0n) is 28.2. The molecule has 0 bridgehead atoms. The van der Waals surface area contributed by atoms with Crippen LogP contribution in [0, 0.1) is 10.8 Å². The number of carbonyl (C=O) groups is 3. The molecule has 10 heteroatoms. The minimum absolute atomic E-state index is 0. The smallest absolute Gasteiger partial charge is 0.311 e. The first-order valence-corrected chi connectivity index (χ1v) is 17.1. The predicted octanol–water partition coefficient (Wildman–Crippen LogP) is 11.7. The van der Waals surface area contributed by atoms with Gasteiger partial charge in [-0.2, -0.15) is 0 Å². The van der Waals surface area contributed by atoms with E-state index >= 15 is 0 Å². The maximum Gasteiger partial charge on any atom is 0.311 e. The SMILES string of the molecule is Br.CC(=O)O.CCOC(=O)C(C)(C)CCC/C=C/c1ccccc1Cl.CCOC(=O)C(C)(C)CCCCC(Br)c1ccccc1Cl. The van der Waals surface area contributed by atoms with Gasteiger partial charge in [0.05, 0.1) is 24.0 Å². The number of carboxylic acid groups (broad SMARTS) is 1. The number of hydrogen-bond donors (Lipinski definition) is 1. The maximum atomic E-state index is 11.8. The number of esters is 2. The number of unbranched alkanes of at least 4 members (excludes halogenated alkanes) is 2. The number of rotatable bonds is 15. The van der Waals surface area contributed by atoms with Crippen LogP contribution in [0.3, 0.4) is 0 Å². The molecule has 2 rings (SSSR count). The van der Waals surface area contributed by atoms with Crippen molar-refractivity contribution in [3.63, 3.8) is 0 Å². The summed E-state index contributed by atoms with van der Waals surface area (Å²) in [5.41, 5.74) is 1.35. The van der Waals surface area contributed by atoms with E-state index in [1.807, 2.05) is 96.1 Å². The fourth-order valence-corrected chi connectivity index (χ4v) is 5.44. The molecule has 0 fully saturated rings. The summed E-state index contributed by atoms with van der Waals surface area (Å²) >= 11 is 16.0. The van der Waals surface area contributed by atoms with Gasteiger partial charge < -0.3 is 14.6 Å². The number of aliphatic carboxylic acids is 1. The number of alkyl halides is 1. The molecule has 0 aliphatic carbocycles. The van der Waals surface area contributed by atoms with E-state index in [0.717, 1.165) is 73.0 Å². The first-order valence-electron chi connectivity index (χ1n) is 15.4. The molecule has 0 saturated carbocycles. The van der Waals surface area contributed by atoms with Crippen LogP contribution in [-0.4, -0.2) is 36.2 Å². The molecule has 0 spiro atoms. The highest BCUT2D eigenvalue weighted by Crippen LogP contribution is 2.34. The minimum atomic E-state index is -0.833. The Morgan fingerprint density at radius 2 is 1.28 bits per heavy atom. The first kappa shape index (κ1) is 46.2. The minimum Gasteiger partial charge on any atom is -0.481 e. The molecule has 0 radical (unpaired) electrons. The highest BCUT2D eigenvalue weighted by molar-refractivity contribution is 9.09. The molecule has 0 heterocycles. The summed E-state index contributed by atoms with van der Waals surface area (Å²) in [6, 6.07) is 15.6. The second-order valence-electron chi connectivity index (χ2n) is 11.8. The number of halogens is 4. The van der Waals surface area contributed by atoms with Crippen molar-refractivity contribution in [3.8, 4) is 0 Å². The standard InChI is InChI=1S/C17H24BrClO2.C17H23ClO2.C2H4O2.BrH/c1-4-21-16(20)17(2,3)12-8-7-10-14(18)13-9-5-6-11-15(13)19;1-4-20-16(19)17(2,3)13-9-5-6-10-14-11-7-8-12-15(14)18;1-2(3)4;/h5-6,9,11,14H,4,7-8,10,12H2,1-3H3;6-8,10-12H,4-5,9,13H2,1-3H3;1H3,(H,3,4);1H/b;10-6+;;. The van der Waals surface area contributed by atoms with Crippen LogP contribution in [0.2, 0.25) is 10.0 Å². The van der Waals surface area contributed by atoms with Gasteiger partial charge in [-0.15, -0.1) is 17.0 Å². The van der Waals surface area contributed by atoms with Gasteiger partial charge in [0, 0.05) is 21.8 Å². The van der Waals surface area contributed by atoms with E-state index in [0.29, 0.717) is 13.2 Å². The van der Waals surface area contributed by atoms with Gasteiger partial charge in [-0.1, -0.05) is 101 Å². The highest BCUT2D eigenvalue weighted by atomic mass is 79.9. The van der Waals surface area contributed by atoms with Crippen molar-refractivity contribution in [2.75, 3.05) is 13.2 Å². The average molecular weight is 812 g/mol. The molecule has 0 amide bonds. The predicted molar refractivity (Wildman–Crippen MR) is 200 cm³/mol. The summed E-state index contributed by atoms with van der Waals surface area (Å²) in [5.74, 6) is -1.05. The summed E-state index contributed by atoms with van der Waals surface area (Å²) in [5, 5.41) is 8.97. The number of allylic oxidation sites excluding steroid dienone is 1. The molecule has 0 aliphatic rings.